The molecule has 0 spiro atoms. The summed E-state index contributed by atoms with van der Waals surface area (Å²) in [6, 6.07) is 0. The van der Waals surface area contributed by atoms with E-state index < -0.39 is 47.4 Å². The highest BCUT2D eigenvalue weighted by Gasteiger charge is 2.91. The number of rotatable bonds is 0. The van der Waals surface area contributed by atoms with Crippen molar-refractivity contribution in [3.63, 3.8) is 0 Å². The van der Waals surface area contributed by atoms with Crippen LogP contribution in [0.1, 0.15) is 0 Å². The minimum atomic E-state index is -6.93. The van der Waals surface area contributed by atoms with E-state index in [4.69, 9.17) is 0 Å². The second-order valence-electron chi connectivity index (χ2n) is 4.19. The highest BCUT2D eigenvalue weighted by Crippen LogP contribution is 2.62. The van der Waals surface area contributed by atoms with Crippen LogP contribution in [-0.2, 0) is 0 Å². The van der Waals surface area contributed by atoms with Gasteiger partial charge in [-0.3, -0.25) is 0 Å². The Bertz CT molecular complexity index is 481. The average molecular weight is 377 g/mol. The summed E-state index contributed by atoms with van der Waals surface area (Å²) in [5, 5.41) is -0.384. The Hall–Kier alpha value is -1.44. The summed E-state index contributed by atoms with van der Waals surface area (Å²) >= 11 is 0. The molecule has 0 amide bonds. The molecule has 0 aromatic heterocycles. The first kappa shape index (κ1) is 19.6. The van der Waals surface area contributed by atoms with E-state index in [0.717, 1.165) is 0 Å². The van der Waals surface area contributed by atoms with Gasteiger partial charge in [-0.05, 0) is 0 Å². The van der Waals surface area contributed by atoms with E-state index in [1.807, 2.05) is 0 Å². The predicted molar refractivity (Wildman–Crippen MR) is 42.1 cm³/mol. The lowest BCUT2D eigenvalue weighted by atomic mass is 9.76. The van der Waals surface area contributed by atoms with Crippen molar-refractivity contribution in [1.29, 1.82) is 0 Å². The number of allylic oxidation sites excluding steroid dienone is 1. The van der Waals surface area contributed by atoms with Gasteiger partial charge in [0.05, 0.1) is 0 Å². The molecule has 136 valence electrons. The van der Waals surface area contributed by atoms with Crippen molar-refractivity contribution in [2.75, 3.05) is 0 Å². The van der Waals surface area contributed by atoms with Crippen LogP contribution < -0.4 is 5.32 Å². The Labute approximate surface area is 115 Å². The van der Waals surface area contributed by atoms with E-state index in [1.165, 1.54) is 0 Å². The fourth-order valence-corrected chi connectivity index (χ4v) is 1.79. The topological polar surface area (TPSA) is 12.0 Å². The molecule has 1 aliphatic rings. The largest absolute Gasteiger partial charge is 0.426 e. The van der Waals surface area contributed by atoms with Crippen molar-refractivity contribution in [3.05, 3.63) is 11.3 Å². The second-order valence-corrected chi connectivity index (χ2v) is 4.19. The lowest BCUT2D eigenvalue weighted by molar-refractivity contribution is -0.380. The molecule has 0 atom stereocenters. The zero-order chi connectivity index (χ0) is 18.9. The minimum absolute atomic E-state index is 0.384. The van der Waals surface area contributed by atoms with Crippen molar-refractivity contribution in [2.45, 2.75) is 36.2 Å². The maximum Gasteiger partial charge on any atom is 0.426 e. The maximum absolute atomic E-state index is 13.3. The van der Waals surface area contributed by atoms with Crippen LogP contribution in [0.5, 0.6) is 0 Å². The number of nitrogens with one attached hydrogen (secondary N) is 1. The molecule has 23 heavy (non-hydrogen) atoms. The molecule has 0 unspecified atom stereocenters. The van der Waals surface area contributed by atoms with Crippen molar-refractivity contribution < 1.29 is 61.5 Å². The Morgan fingerprint density at radius 1 is 0.652 bits per heavy atom. The lowest BCUT2D eigenvalue weighted by Crippen LogP contribution is -2.85. The number of alkyl halides is 14. The van der Waals surface area contributed by atoms with Crippen molar-refractivity contribution in [3.8, 4) is 0 Å². The van der Waals surface area contributed by atoms with Crippen LogP contribution in [0.15, 0.2) is 11.3 Å². The lowest BCUT2D eigenvalue weighted by Gasteiger charge is -2.53. The van der Waals surface area contributed by atoms with Gasteiger partial charge in [-0.2, -0.15) is 61.5 Å². The molecule has 1 heterocycles. The van der Waals surface area contributed by atoms with Crippen LogP contribution in [0, 0.1) is 0 Å². The standard InChI is InChI=1S/C8HF14N/c9-3(10)2(1(4(11,12)13)5(14,15)16)23-6(3,7(17,18)19)8(20,21)22/h23H. The highest BCUT2D eigenvalue weighted by atomic mass is 19.4. The summed E-state index contributed by atoms with van der Waals surface area (Å²) in [7, 11) is 0. The summed E-state index contributed by atoms with van der Waals surface area (Å²) < 4.78 is 173. The number of hydrogen-bond acceptors (Lipinski definition) is 1. The van der Waals surface area contributed by atoms with Crippen LogP contribution in [-0.4, -0.2) is 36.2 Å². The van der Waals surface area contributed by atoms with E-state index in [2.05, 4.69) is 0 Å². The summed E-state index contributed by atoms with van der Waals surface area (Å²) in [6.07, 6.45) is -27.2. The van der Waals surface area contributed by atoms with Crippen LogP contribution >= 0.6 is 0 Å². The van der Waals surface area contributed by atoms with Gasteiger partial charge in [0.25, 0.3) is 5.54 Å². The van der Waals surface area contributed by atoms with Gasteiger partial charge < -0.3 is 5.32 Å². The van der Waals surface area contributed by atoms with Crippen LogP contribution in [0.3, 0.4) is 0 Å². The number of halogens is 14. The summed E-state index contributed by atoms with van der Waals surface area (Å²) in [5.41, 5.74) is -14.0. The molecule has 0 aliphatic carbocycles. The van der Waals surface area contributed by atoms with Crippen molar-refractivity contribution in [1.82, 2.24) is 5.32 Å². The first-order chi connectivity index (χ1) is 9.71. The molecule has 0 bridgehead atoms. The van der Waals surface area contributed by atoms with Crippen LogP contribution in [0.4, 0.5) is 61.5 Å². The van der Waals surface area contributed by atoms with Crippen molar-refractivity contribution in [2.24, 2.45) is 0 Å². The monoisotopic (exact) mass is 377 g/mol. The van der Waals surface area contributed by atoms with Crippen LogP contribution in [0.25, 0.3) is 0 Å². The normalized spacial score (nSPS) is 21.6. The molecule has 1 saturated heterocycles. The van der Waals surface area contributed by atoms with Gasteiger partial charge in [-0.15, -0.1) is 0 Å². The van der Waals surface area contributed by atoms with Gasteiger partial charge in [-0.25, -0.2) is 0 Å². The van der Waals surface area contributed by atoms with E-state index in [0.29, 0.717) is 0 Å². The maximum atomic E-state index is 13.3. The fraction of sp³-hybridized carbons (Fsp3) is 0.750. The van der Waals surface area contributed by atoms with E-state index in [1.54, 1.807) is 0 Å². The van der Waals surface area contributed by atoms with Crippen molar-refractivity contribution >= 4 is 0 Å². The number of hydrogen-bond donors (Lipinski definition) is 1. The Kier molecular flexibility index (Phi) is 3.88. The molecule has 1 aliphatic heterocycles. The first-order valence-electron chi connectivity index (χ1n) is 4.90. The third-order valence-corrected chi connectivity index (χ3v) is 2.76. The van der Waals surface area contributed by atoms with E-state index >= 15 is 0 Å². The molecular formula is C8HF14N. The van der Waals surface area contributed by atoms with Gasteiger partial charge in [0.2, 0.25) is 0 Å². The summed E-state index contributed by atoms with van der Waals surface area (Å²) in [4.78, 5) is 0. The highest BCUT2D eigenvalue weighted by molar-refractivity contribution is 5.43. The summed E-state index contributed by atoms with van der Waals surface area (Å²) in [5.74, 6) is -6.57. The SMILES string of the molecule is FC(F)(F)C(=C1NC(C(F)(F)F)(C(F)(F)F)C1(F)F)C(F)(F)F. The molecule has 0 aromatic carbocycles. The predicted octanol–water partition coefficient (Wildman–Crippen LogP) is 4.47. The molecule has 15 heteroatoms. The second kappa shape index (κ2) is 4.55. The third kappa shape index (κ3) is 2.56. The Balaban J connectivity index is 3.70. The molecule has 1 N–H and O–H groups in total. The van der Waals surface area contributed by atoms with Gasteiger partial charge in [0.15, 0.2) is 5.57 Å². The Morgan fingerprint density at radius 3 is 1.13 bits per heavy atom. The smallest absolute Gasteiger partial charge is 0.357 e. The molecular weight excluding hydrogens is 376 g/mol. The molecule has 0 radical (unpaired) electrons. The molecule has 0 aromatic rings. The molecule has 1 rings (SSSR count). The summed E-state index contributed by atoms with van der Waals surface area (Å²) in [6.45, 7) is 0. The van der Waals surface area contributed by atoms with Crippen LogP contribution in [0.2, 0.25) is 0 Å². The van der Waals surface area contributed by atoms with Gasteiger partial charge in [-0.1, -0.05) is 0 Å². The fourth-order valence-electron chi connectivity index (χ4n) is 1.79. The molecule has 1 nitrogen and oxygen atoms in total. The molecule has 0 saturated carbocycles. The van der Waals surface area contributed by atoms with E-state index in [9.17, 15) is 61.5 Å². The van der Waals surface area contributed by atoms with Gasteiger partial charge in [0, 0.05) is 0 Å². The zero-order valence-electron chi connectivity index (χ0n) is 9.79. The third-order valence-electron chi connectivity index (χ3n) is 2.76. The quantitative estimate of drug-likeness (QED) is 0.615. The molecule has 1 fully saturated rings. The first-order valence-corrected chi connectivity index (χ1v) is 4.90. The minimum Gasteiger partial charge on any atom is -0.357 e. The van der Waals surface area contributed by atoms with Gasteiger partial charge >= 0.3 is 30.6 Å². The van der Waals surface area contributed by atoms with E-state index in [-0.39, 0.29) is 5.32 Å². The Morgan fingerprint density at radius 2 is 0.957 bits per heavy atom. The average Bonchev–Trinajstić information content (AvgIpc) is 2.15. The zero-order valence-corrected chi connectivity index (χ0v) is 9.79. The van der Waals surface area contributed by atoms with Gasteiger partial charge in [0.1, 0.15) is 5.70 Å².